The van der Waals surface area contributed by atoms with Crippen LogP contribution in [0.4, 0.5) is 11.4 Å². The molecule has 0 radical (unpaired) electrons. The quantitative estimate of drug-likeness (QED) is 0.675. The predicted molar refractivity (Wildman–Crippen MR) is 77.9 cm³/mol. The molecule has 1 aliphatic rings. The number of hydrogen-bond acceptors (Lipinski definition) is 5. The maximum atomic E-state index is 11.1. The number of fused-ring (bicyclic) bond motifs is 1. The molecule has 0 amide bonds. The van der Waals surface area contributed by atoms with E-state index in [1.54, 1.807) is 6.07 Å². The average Bonchev–Trinajstić information content (AvgIpc) is 2.94. The van der Waals surface area contributed by atoms with Crippen LogP contribution in [0.2, 0.25) is 0 Å². The Balaban J connectivity index is 1.74. The number of nitrogens with one attached hydrogen (secondary N) is 1. The van der Waals surface area contributed by atoms with Gasteiger partial charge in [-0.1, -0.05) is 30.3 Å². The molecule has 0 atom stereocenters. The largest absolute Gasteiger partial charge is 0.454 e. The summed E-state index contributed by atoms with van der Waals surface area (Å²) < 4.78 is 10.4. The van der Waals surface area contributed by atoms with Crippen LogP contribution in [0.5, 0.6) is 11.5 Å². The second-order valence-electron chi connectivity index (χ2n) is 4.64. The van der Waals surface area contributed by atoms with Gasteiger partial charge in [-0.25, -0.2) is 0 Å². The van der Waals surface area contributed by atoms with Gasteiger partial charge in [0.1, 0.15) is 5.69 Å². The highest BCUT2D eigenvalue weighted by Crippen LogP contribution is 2.40. The molecule has 6 heteroatoms. The molecule has 2 aromatic rings. The summed E-state index contributed by atoms with van der Waals surface area (Å²) in [5.74, 6) is 0.943. The van der Waals surface area contributed by atoms with Gasteiger partial charge in [0.05, 0.1) is 11.0 Å². The minimum absolute atomic E-state index is 0.00712. The van der Waals surface area contributed by atoms with E-state index in [1.807, 2.05) is 30.3 Å². The summed E-state index contributed by atoms with van der Waals surface area (Å²) in [6, 6.07) is 13.0. The van der Waals surface area contributed by atoms with Gasteiger partial charge in [0.25, 0.3) is 5.69 Å². The fraction of sp³-hybridized carbons (Fsp3) is 0.200. The number of nitro groups is 1. The minimum Gasteiger partial charge on any atom is -0.454 e. The van der Waals surface area contributed by atoms with Crippen molar-refractivity contribution in [3.8, 4) is 11.5 Å². The van der Waals surface area contributed by atoms with E-state index in [9.17, 15) is 10.1 Å². The molecule has 1 aliphatic heterocycles. The first-order valence-corrected chi connectivity index (χ1v) is 6.60. The molecule has 0 unspecified atom stereocenters. The van der Waals surface area contributed by atoms with Crippen LogP contribution < -0.4 is 14.8 Å². The molecule has 0 bridgehead atoms. The van der Waals surface area contributed by atoms with Crippen molar-refractivity contribution < 1.29 is 14.4 Å². The fourth-order valence-electron chi connectivity index (χ4n) is 2.21. The minimum atomic E-state index is -0.424. The van der Waals surface area contributed by atoms with Crippen LogP contribution in [0.25, 0.3) is 0 Å². The molecule has 1 N–H and O–H groups in total. The molecule has 0 aliphatic carbocycles. The van der Waals surface area contributed by atoms with Crippen LogP contribution in [0.3, 0.4) is 0 Å². The van der Waals surface area contributed by atoms with E-state index < -0.39 is 4.92 Å². The predicted octanol–water partition coefficient (Wildman–Crippen LogP) is 2.98. The highest BCUT2D eigenvalue weighted by Gasteiger charge is 2.23. The van der Waals surface area contributed by atoms with Gasteiger partial charge in [-0.05, 0) is 12.0 Å². The molecule has 0 saturated carbocycles. The Hall–Kier alpha value is -2.76. The van der Waals surface area contributed by atoms with Crippen LogP contribution in [0.15, 0.2) is 42.5 Å². The van der Waals surface area contributed by atoms with Crippen molar-refractivity contribution in [3.63, 3.8) is 0 Å². The van der Waals surface area contributed by atoms with Gasteiger partial charge in [-0.3, -0.25) is 10.1 Å². The smallest absolute Gasteiger partial charge is 0.296 e. The van der Waals surface area contributed by atoms with Gasteiger partial charge < -0.3 is 14.8 Å². The highest BCUT2D eigenvalue weighted by atomic mass is 16.7. The number of benzene rings is 2. The molecule has 1 heterocycles. The average molecular weight is 286 g/mol. The summed E-state index contributed by atoms with van der Waals surface area (Å²) in [4.78, 5) is 10.7. The molecular weight excluding hydrogens is 272 g/mol. The standard InChI is InChI=1S/C15H14N2O4/c18-17(19)13-9-15-14(20-10-21-15)8-12(13)16-7-6-11-4-2-1-3-5-11/h1-5,8-9,16H,6-7,10H2. The molecule has 0 aromatic heterocycles. The van der Waals surface area contributed by atoms with Crippen molar-refractivity contribution in [3.05, 3.63) is 58.1 Å². The molecule has 21 heavy (non-hydrogen) atoms. The molecule has 108 valence electrons. The summed E-state index contributed by atoms with van der Waals surface area (Å²) >= 11 is 0. The van der Waals surface area contributed by atoms with E-state index in [-0.39, 0.29) is 12.5 Å². The number of hydrogen-bond donors (Lipinski definition) is 1. The van der Waals surface area contributed by atoms with Crippen molar-refractivity contribution in [2.75, 3.05) is 18.7 Å². The monoisotopic (exact) mass is 286 g/mol. The summed E-state index contributed by atoms with van der Waals surface area (Å²) in [5, 5.41) is 14.2. The zero-order valence-electron chi connectivity index (χ0n) is 11.2. The lowest BCUT2D eigenvalue weighted by Crippen LogP contribution is -2.06. The van der Waals surface area contributed by atoms with Crippen LogP contribution in [0.1, 0.15) is 5.56 Å². The highest BCUT2D eigenvalue weighted by molar-refractivity contribution is 5.69. The van der Waals surface area contributed by atoms with E-state index in [4.69, 9.17) is 9.47 Å². The molecule has 2 aromatic carbocycles. The normalized spacial score (nSPS) is 12.2. The lowest BCUT2D eigenvalue weighted by Gasteiger charge is -2.08. The van der Waals surface area contributed by atoms with Crippen molar-refractivity contribution >= 4 is 11.4 Å². The SMILES string of the molecule is O=[N+]([O-])c1cc2c(cc1NCCc1ccccc1)OCO2. The van der Waals surface area contributed by atoms with E-state index >= 15 is 0 Å². The molecule has 6 nitrogen and oxygen atoms in total. The van der Waals surface area contributed by atoms with E-state index in [1.165, 1.54) is 11.6 Å². The molecule has 3 rings (SSSR count). The third-order valence-corrected chi connectivity index (χ3v) is 3.26. The van der Waals surface area contributed by atoms with Gasteiger partial charge in [0, 0.05) is 12.6 Å². The fourth-order valence-corrected chi connectivity index (χ4v) is 2.21. The van der Waals surface area contributed by atoms with Gasteiger partial charge in [-0.2, -0.15) is 0 Å². The number of nitrogens with zero attached hydrogens (tertiary/aromatic N) is 1. The molecular formula is C15H14N2O4. The second-order valence-corrected chi connectivity index (χ2v) is 4.64. The zero-order chi connectivity index (χ0) is 14.7. The van der Waals surface area contributed by atoms with Crippen molar-refractivity contribution in [2.24, 2.45) is 0 Å². The van der Waals surface area contributed by atoms with Crippen molar-refractivity contribution in [1.29, 1.82) is 0 Å². The Morgan fingerprint density at radius 2 is 1.86 bits per heavy atom. The first-order chi connectivity index (χ1) is 10.2. The van der Waals surface area contributed by atoms with Crippen LogP contribution in [-0.2, 0) is 6.42 Å². The maximum absolute atomic E-state index is 11.1. The summed E-state index contributed by atoms with van der Waals surface area (Å²) in [5.41, 5.74) is 1.61. The van der Waals surface area contributed by atoms with Gasteiger partial charge in [0.2, 0.25) is 6.79 Å². The van der Waals surface area contributed by atoms with Crippen LogP contribution in [0, 0.1) is 10.1 Å². The van der Waals surface area contributed by atoms with E-state index in [0.717, 1.165) is 6.42 Å². The Morgan fingerprint density at radius 3 is 2.57 bits per heavy atom. The maximum Gasteiger partial charge on any atom is 0.296 e. The Labute approximate surface area is 121 Å². The number of anilines is 1. The van der Waals surface area contributed by atoms with Gasteiger partial charge >= 0.3 is 0 Å². The lowest BCUT2D eigenvalue weighted by atomic mass is 10.1. The Morgan fingerprint density at radius 1 is 1.14 bits per heavy atom. The first kappa shape index (κ1) is 13.2. The van der Waals surface area contributed by atoms with Crippen LogP contribution >= 0.6 is 0 Å². The Kier molecular flexibility index (Phi) is 3.59. The first-order valence-electron chi connectivity index (χ1n) is 6.60. The van der Waals surface area contributed by atoms with E-state index in [0.29, 0.717) is 23.7 Å². The topological polar surface area (TPSA) is 73.6 Å². The van der Waals surface area contributed by atoms with Crippen molar-refractivity contribution in [1.82, 2.24) is 0 Å². The van der Waals surface area contributed by atoms with Gasteiger partial charge in [0.15, 0.2) is 11.5 Å². The second kappa shape index (κ2) is 5.70. The van der Waals surface area contributed by atoms with E-state index in [2.05, 4.69) is 5.32 Å². The Bertz CT molecular complexity index is 658. The third-order valence-electron chi connectivity index (χ3n) is 3.26. The van der Waals surface area contributed by atoms with Crippen LogP contribution in [-0.4, -0.2) is 18.3 Å². The number of rotatable bonds is 5. The summed E-state index contributed by atoms with van der Waals surface area (Å²) in [7, 11) is 0. The number of ether oxygens (including phenoxy) is 2. The molecule has 0 saturated heterocycles. The summed E-state index contributed by atoms with van der Waals surface area (Å²) in [6.45, 7) is 0.699. The lowest BCUT2D eigenvalue weighted by molar-refractivity contribution is -0.384. The van der Waals surface area contributed by atoms with Crippen molar-refractivity contribution in [2.45, 2.75) is 6.42 Å². The third kappa shape index (κ3) is 2.89. The summed E-state index contributed by atoms with van der Waals surface area (Å²) in [6.07, 6.45) is 0.784. The zero-order valence-corrected chi connectivity index (χ0v) is 11.2. The molecule has 0 fully saturated rings. The molecule has 0 spiro atoms. The number of nitro benzene ring substituents is 1. The van der Waals surface area contributed by atoms with Gasteiger partial charge in [-0.15, -0.1) is 0 Å².